The summed E-state index contributed by atoms with van der Waals surface area (Å²) in [4.78, 5) is 15.8. The highest BCUT2D eigenvalue weighted by molar-refractivity contribution is 7.89. The second kappa shape index (κ2) is 8.49. The first-order valence-corrected chi connectivity index (χ1v) is 10.1. The molecule has 7 nitrogen and oxygen atoms in total. The van der Waals surface area contributed by atoms with Crippen LogP contribution in [0, 0.1) is 0 Å². The van der Waals surface area contributed by atoms with Crippen LogP contribution < -0.4 is 5.32 Å². The van der Waals surface area contributed by atoms with Crippen LogP contribution in [0.5, 0.6) is 0 Å². The molecule has 2 aromatic rings. The number of hydrogen-bond donors (Lipinski definition) is 1. The van der Waals surface area contributed by atoms with Gasteiger partial charge >= 0.3 is 5.97 Å². The molecular weight excluding hydrogens is 366 g/mol. The molecule has 0 unspecified atom stereocenters. The van der Waals surface area contributed by atoms with Crippen LogP contribution in [0.15, 0.2) is 47.5 Å². The van der Waals surface area contributed by atoms with E-state index in [4.69, 9.17) is 0 Å². The Morgan fingerprint density at radius 2 is 1.63 bits per heavy atom. The van der Waals surface area contributed by atoms with Gasteiger partial charge in [-0.2, -0.15) is 4.31 Å². The Hall–Kier alpha value is -2.45. The van der Waals surface area contributed by atoms with Gasteiger partial charge in [0.25, 0.3) is 0 Å². The number of methoxy groups -OCH3 is 1. The van der Waals surface area contributed by atoms with Gasteiger partial charge in [0.05, 0.1) is 12.7 Å². The van der Waals surface area contributed by atoms with Crippen molar-refractivity contribution in [2.24, 2.45) is 0 Å². The van der Waals surface area contributed by atoms with E-state index in [-0.39, 0.29) is 17.0 Å². The smallest absolute Gasteiger partial charge is 0.337 e. The standard InChI is InChI=1S/C19H25N3O4S/c1-13(2)22(14(3)4)27(24,25)17-10-11-18(20-12-17)21-16-8-6-15(7-9-16)19(23)26-5/h6-14H,1-5H3,(H,20,21). The van der Waals surface area contributed by atoms with Crippen LogP contribution in [0.25, 0.3) is 0 Å². The molecule has 2 rings (SSSR count). The molecular formula is C19H25N3O4S. The molecule has 27 heavy (non-hydrogen) atoms. The Balaban J connectivity index is 2.18. The van der Waals surface area contributed by atoms with Crippen LogP contribution in [0.4, 0.5) is 11.5 Å². The van der Waals surface area contributed by atoms with Crippen molar-refractivity contribution in [1.82, 2.24) is 9.29 Å². The predicted octanol–water partition coefficient (Wildman–Crippen LogP) is 3.42. The van der Waals surface area contributed by atoms with Crippen molar-refractivity contribution in [3.63, 3.8) is 0 Å². The molecule has 0 radical (unpaired) electrons. The number of benzene rings is 1. The number of rotatable bonds is 7. The van der Waals surface area contributed by atoms with Gasteiger partial charge in [0.2, 0.25) is 10.0 Å². The monoisotopic (exact) mass is 391 g/mol. The Kier molecular flexibility index (Phi) is 6.56. The summed E-state index contributed by atoms with van der Waals surface area (Å²) >= 11 is 0. The molecule has 0 saturated heterocycles. The summed E-state index contributed by atoms with van der Waals surface area (Å²) in [5.41, 5.74) is 1.16. The van der Waals surface area contributed by atoms with E-state index >= 15 is 0 Å². The van der Waals surface area contributed by atoms with Crippen molar-refractivity contribution >= 4 is 27.5 Å². The van der Waals surface area contributed by atoms with Crippen molar-refractivity contribution < 1.29 is 17.9 Å². The Morgan fingerprint density at radius 3 is 2.07 bits per heavy atom. The van der Waals surface area contributed by atoms with Crippen LogP contribution in [0.3, 0.4) is 0 Å². The lowest BCUT2D eigenvalue weighted by atomic mass is 10.2. The molecule has 0 amide bonds. The summed E-state index contributed by atoms with van der Waals surface area (Å²) in [6.07, 6.45) is 1.35. The maximum absolute atomic E-state index is 12.8. The van der Waals surface area contributed by atoms with E-state index < -0.39 is 16.0 Å². The number of aromatic nitrogens is 1. The van der Waals surface area contributed by atoms with Gasteiger partial charge < -0.3 is 10.1 Å². The van der Waals surface area contributed by atoms with Gasteiger partial charge in [-0.05, 0) is 64.1 Å². The fraction of sp³-hybridized carbons (Fsp3) is 0.368. The fourth-order valence-electron chi connectivity index (χ4n) is 2.84. The number of carbonyl (C=O) groups is 1. The van der Waals surface area contributed by atoms with E-state index in [1.54, 1.807) is 30.3 Å². The Bertz CT molecular complexity index is 868. The summed E-state index contributed by atoms with van der Waals surface area (Å²) in [6, 6.07) is 9.55. The van der Waals surface area contributed by atoms with Gasteiger partial charge in [-0.1, -0.05) is 0 Å². The van der Waals surface area contributed by atoms with Gasteiger partial charge in [-0.3, -0.25) is 0 Å². The molecule has 0 aliphatic heterocycles. The highest BCUT2D eigenvalue weighted by Gasteiger charge is 2.29. The van der Waals surface area contributed by atoms with Gasteiger partial charge in [0.15, 0.2) is 0 Å². The van der Waals surface area contributed by atoms with Crippen LogP contribution in [-0.4, -0.2) is 42.9 Å². The predicted molar refractivity (Wildman–Crippen MR) is 105 cm³/mol. The third-order valence-corrected chi connectivity index (χ3v) is 6.14. The third kappa shape index (κ3) is 4.84. The Labute approximate surface area is 160 Å². The summed E-state index contributed by atoms with van der Waals surface area (Å²) in [6.45, 7) is 7.38. The van der Waals surface area contributed by atoms with E-state index in [9.17, 15) is 13.2 Å². The number of ether oxygens (including phenoxy) is 1. The minimum Gasteiger partial charge on any atom is -0.465 e. The number of esters is 1. The molecule has 146 valence electrons. The van der Waals surface area contributed by atoms with Crippen molar-refractivity contribution in [1.29, 1.82) is 0 Å². The molecule has 1 heterocycles. The van der Waals surface area contributed by atoms with Gasteiger partial charge in [0.1, 0.15) is 10.7 Å². The first-order chi connectivity index (χ1) is 12.7. The second-order valence-electron chi connectivity index (χ2n) is 6.60. The number of sulfonamides is 1. The number of nitrogens with one attached hydrogen (secondary N) is 1. The van der Waals surface area contributed by atoms with E-state index in [0.29, 0.717) is 11.4 Å². The molecule has 1 aromatic carbocycles. The summed E-state index contributed by atoms with van der Waals surface area (Å²) in [5, 5.41) is 3.07. The van der Waals surface area contributed by atoms with Crippen LogP contribution in [0.2, 0.25) is 0 Å². The lowest BCUT2D eigenvalue weighted by Crippen LogP contribution is -2.41. The summed E-state index contributed by atoms with van der Waals surface area (Å²) in [5.74, 6) is 0.0921. The van der Waals surface area contributed by atoms with Gasteiger partial charge in [-0.15, -0.1) is 0 Å². The third-order valence-electron chi connectivity index (χ3n) is 3.91. The maximum atomic E-state index is 12.8. The normalized spacial score (nSPS) is 11.9. The SMILES string of the molecule is COC(=O)c1ccc(Nc2ccc(S(=O)(=O)N(C(C)C)C(C)C)cn2)cc1. The first kappa shape index (κ1) is 20.9. The number of carbonyl (C=O) groups excluding carboxylic acids is 1. The summed E-state index contributed by atoms with van der Waals surface area (Å²) in [7, 11) is -2.29. The Morgan fingerprint density at radius 1 is 1.04 bits per heavy atom. The molecule has 0 aliphatic rings. The average Bonchev–Trinajstić information content (AvgIpc) is 2.61. The quantitative estimate of drug-likeness (QED) is 0.728. The zero-order valence-corrected chi connectivity index (χ0v) is 16.9. The molecule has 8 heteroatoms. The molecule has 0 aliphatic carbocycles. The van der Waals surface area contributed by atoms with Crippen LogP contribution >= 0.6 is 0 Å². The van der Waals surface area contributed by atoms with Gasteiger partial charge in [-0.25, -0.2) is 18.2 Å². The van der Waals surface area contributed by atoms with E-state index in [0.717, 1.165) is 5.69 Å². The number of nitrogens with zero attached hydrogens (tertiary/aromatic N) is 2. The van der Waals surface area contributed by atoms with Crippen molar-refractivity contribution in [2.45, 2.75) is 44.7 Å². The van der Waals surface area contributed by atoms with Crippen LogP contribution in [-0.2, 0) is 14.8 Å². The van der Waals surface area contributed by atoms with E-state index in [1.165, 1.54) is 23.7 Å². The minimum absolute atomic E-state index is 0.150. The van der Waals surface area contributed by atoms with Crippen LogP contribution in [0.1, 0.15) is 38.1 Å². The average molecular weight is 391 g/mol. The molecule has 0 atom stereocenters. The topological polar surface area (TPSA) is 88.6 Å². The zero-order valence-electron chi connectivity index (χ0n) is 16.1. The van der Waals surface area contributed by atoms with Gasteiger partial charge in [0, 0.05) is 24.0 Å². The first-order valence-electron chi connectivity index (χ1n) is 8.61. The molecule has 1 aromatic heterocycles. The van der Waals surface area contributed by atoms with Crippen molar-refractivity contribution in [3.8, 4) is 0 Å². The highest BCUT2D eigenvalue weighted by Crippen LogP contribution is 2.22. The molecule has 0 spiro atoms. The fourth-order valence-corrected chi connectivity index (χ4v) is 4.61. The summed E-state index contributed by atoms with van der Waals surface area (Å²) < 4.78 is 31.8. The molecule has 1 N–H and O–H groups in total. The van der Waals surface area contributed by atoms with E-state index in [1.807, 2.05) is 27.7 Å². The largest absolute Gasteiger partial charge is 0.465 e. The molecule has 0 fully saturated rings. The zero-order chi connectivity index (χ0) is 20.2. The maximum Gasteiger partial charge on any atom is 0.337 e. The molecule has 0 bridgehead atoms. The van der Waals surface area contributed by atoms with E-state index in [2.05, 4.69) is 15.0 Å². The number of anilines is 2. The highest BCUT2D eigenvalue weighted by atomic mass is 32.2. The lowest BCUT2D eigenvalue weighted by molar-refractivity contribution is 0.0600. The minimum atomic E-state index is -3.62. The lowest BCUT2D eigenvalue weighted by Gasteiger charge is -2.29. The molecule has 0 saturated carbocycles. The number of hydrogen-bond acceptors (Lipinski definition) is 6. The number of pyridine rings is 1. The second-order valence-corrected chi connectivity index (χ2v) is 8.44. The van der Waals surface area contributed by atoms with Crippen molar-refractivity contribution in [3.05, 3.63) is 48.2 Å². The van der Waals surface area contributed by atoms with Crippen molar-refractivity contribution in [2.75, 3.05) is 12.4 Å².